The lowest BCUT2D eigenvalue weighted by molar-refractivity contribution is 0.185. The Morgan fingerprint density at radius 3 is 2.28 bits per heavy atom. The molecule has 0 spiro atoms. The summed E-state index contributed by atoms with van der Waals surface area (Å²) in [6.45, 7) is 0.550. The second-order valence-electron chi connectivity index (χ2n) is 4.40. The first-order valence-electron chi connectivity index (χ1n) is 5.96. The summed E-state index contributed by atoms with van der Waals surface area (Å²) in [7, 11) is 1.97. The molecule has 1 atom stereocenters. The number of para-hydroxylation sites is 1. The van der Waals surface area contributed by atoms with Crippen LogP contribution in [0.5, 0.6) is 0 Å². The van der Waals surface area contributed by atoms with Crippen molar-refractivity contribution in [2.24, 2.45) is 0 Å². The number of hydrogen-bond acceptors (Lipinski definition) is 3. The molecule has 3 nitrogen and oxygen atoms in total. The van der Waals surface area contributed by atoms with Crippen molar-refractivity contribution >= 4 is 11.4 Å². The van der Waals surface area contributed by atoms with Gasteiger partial charge in [0.15, 0.2) is 0 Å². The Hall–Kier alpha value is -2.00. The van der Waals surface area contributed by atoms with Crippen molar-refractivity contribution < 1.29 is 5.11 Å². The quantitative estimate of drug-likeness (QED) is 0.810. The zero-order valence-electron chi connectivity index (χ0n) is 10.5. The zero-order valence-corrected chi connectivity index (χ0v) is 10.5. The molecular weight excluding hydrogens is 224 g/mol. The molecular formula is C15H18N2O. The molecule has 94 valence electrons. The van der Waals surface area contributed by atoms with E-state index in [-0.39, 0.29) is 0 Å². The van der Waals surface area contributed by atoms with E-state index in [1.807, 2.05) is 54.4 Å². The summed E-state index contributed by atoms with van der Waals surface area (Å²) in [5.74, 6) is 0. The second kappa shape index (κ2) is 5.56. The summed E-state index contributed by atoms with van der Waals surface area (Å²) in [4.78, 5) is 2.03. The molecule has 2 aromatic carbocycles. The third-order valence-corrected chi connectivity index (χ3v) is 2.97. The molecule has 0 aromatic heterocycles. The lowest BCUT2D eigenvalue weighted by atomic mass is 10.1. The molecule has 0 saturated heterocycles. The highest BCUT2D eigenvalue weighted by Gasteiger charge is 2.10. The van der Waals surface area contributed by atoms with Crippen LogP contribution in [-0.4, -0.2) is 18.7 Å². The smallest absolute Gasteiger partial charge is 0.0964 e. The minimum atomic E-state index is -0.518. The summed E-state index contributed by atoms with van der Waals surface area (Å²) in [5.41, 5.74) is 8.31. The Morgan fingerprint density at radius 2 is 1.67 bits per heavy atom. The van der Waals surface area contributed by atoms with E-state index < -0.39 is 6.10 Å². The summed E-state index contributed by atoms with van der Waals surface area (Å²) in [5, 5.41) is 10.2. The first-order chi connectivity index (χ1) is 8.66. The molecule has 0 saturated carbocycles. The van der Waals surface area contributed by atoms with Gasteiger partial charge in [-0.2, -0.15) is 0 Å². The lowest BCUT2D eigenvalue weighted by Gasteiger charge is -2.23. The van der Waals surface area contributed by atoms with E-state index in [9.17, 15) is 5.11 Å². The number of benzene rings is 2. The summed E-state index contributed by atoms with van der Waals surface area (Å²) in [6.07, 6.45) is -0.518. The minimum absolute atomic E-state index is 0.518. The highest BCUT2D eigenvalue weighted by molar-refractivity contribution is 5.46. The summed E-state index contributed by atoms with van der Waals surface area (Å²) >= 11 is 0. The van der Waals surface area contributed by atoms with E-state index >= 15 is 0 Å². The molecule has 0 radical (unpaired) electrons. The molecule has 2 aromatic rings. The zero-order chi connectivity index (χ0) is 13.0. The van der Waals surface area contributed by atoms with Crippen LogP contribution in [0.2, 0.25) is 0 Å². The van der Waals surface area contributed by atoms with Crippen LogP contribution >= 0.6 is 0 Å². The van der Waals surface area contributed by atoms with Crippen molar-refractivity contribution in [3.8, 4) is 0 Å². The van der Waals surface area contributed by atoms with E-state index in [1.54, 1.807) is 12.1 Å². The number of nitrogens with zero attached hydrogens (tertiary/aromatic N) is 1. The lowest BCUT2D eigenvalue weighted by Crippen LogP contribution is -2.24. The van der Waals surface area contributed by atoms with Crippen molar-refractivity contribution in [3.05, 3.63) is 60.2 Å². The molecule has 0 bridgehead atoms. The van der Waals surface area contributed by atoms with Gasteiger partial charge in [0.1, 0.15) is 0 Å². The van der Waals surface area contributed by atoms with E-state index in [4.69, 9.17) is 5.73 Å². The van der Waals surface area contributed by atoms with Crippen LogP contribution in [0.15, 0.2) is 54.6 Å². The van der Waals surface area contributed by atoms with Gasteiger partial charge in [-0.1, -0.05) is 30.3 Å². The van der Waals surface area contributed by atoms with Gasteiger partial charge in [0.2, 0.25) is 0 Å². The molecule has 1 unspecified atom stereocenters. The fourth-order valence-corrected chi connectivity index (χ4v) is 1.87. The highest BCUT2D eigenvalue weighted by Crippen LogP contribution is 2.19. The SMILES string of the molecule is CN(CC(O)c1ccc(N)cc1)c1ccccc1. The van der Waals surface area contributed by atoms with Crippen molar-refractivity contribution in [1.29, 1.82) is 0 Å². The Balaban J connectivity index is 2.03. The van der Waals surface area contributed by atoms with Crippen LogP contribution in [0, 0.1) is 0 Å². The monoisotopic (exact) mass is 242 g/mol. The van der Waals surface area contributed by atoms with Gasteiger partial charge >= 0.3 is 0 Å². The normalized spacial score (nSPS) is 12.1. The van der Waals surface area contributed by atoms with Crippen LogP contribution in [0.4, 0.5) is 11.4 Å². The number of likely N-dealkylation sites (N-methyl/N-ethyl adjacent to an activating group) is 1. The van der Waals surface area contributed by atoms with E-state index in [0.717, 1.165) is 11.3 Å². The van der Waals surface area contributed by atoms with Gasteiger partial charge in [0.05, 0.1) is 6.10 Å². The molecule has 0 aliphatic rings. The molecule has 3 heteroatoms. The molecule has 3 N–H and O–H groups in total. The molecule has 0 aliphatic heterocycles. The molecule has 18 heavy (non-hydrogen) atoms. The predicted molar refractivity (Wildman–Crippen MR) is 75.5 cm³/mol. The van der Waals surface area contributed by atoms with Crippen LogP contribution in [0.25, 0.3) is 0 Å². The second-order valence-corrected chi connectivity index (χ2v) is 4.40. The fourth-order valence-electron chi connectivity index (χ4n) is 1.87. The van der Waals surface area contributed by atoms with Gasteiger partial charge in [0.25, 0.3) is 0 Å². The Labute approximate surface area is 107 Å². The van der Waals surface area contributed by atoms with Crippen LogP contribution in [-0.2, 0) is 0 Å². The Kier molecular flexibility index (Phi) is 3.85. The van der Waals surface area contributed by atoms with Crippen molar-refractivity contribution in [3.63, 3.8) is 0 Å². The van der Waals surface area contributed by atoms with E-state index in [1.165, 1.54) is 0 Å². The number of hydrogen-bond donors (Lipinski definition) is 2. The fraction of sp³-hybridized carbons (Fsp3) is 0.200. The molecule has 0 heterocycles. The molecule has 2 rings (SSSR count). The maximum atomic E-state index is 10.2. The summed E-state index contributed by atoms with van der Waals surface area (Å²) < 4.78 is 0. The maximum absolute atomic E-state index is 10.2. The number of anilines is 2. The minimum Gasteiger partial charge on any atom is -0.399 e. The first-order valence-corrected chi connectivity index (χ1v) is 5.96. The largest absolute Gasteiger partial charge is 0.399 e. The van der Waals surface area contributed by atoms with Gasteiger partial charge in [-0.3, -0.25) is 0 Å². The molecule has 0 fully saturated rings. The number of rotatable bonds is 4. The van der Waals surface area contributed by atoms with Gasteiger partial charge < -0.3 is 15.7 Å². The van der Waals surface area contributed by atoms with Crippen molar-refractivity contribution in [2.75, 3.05) is 24.2 Å². The first kappa shape index (κ1) is 12.5. The van der Waals surface area contributed by atoms with Crippen LogP contribution < -0.4 is 10.6 Å². The van der Waals surface area contributed by atoms with Crippen molar-refractivity contribution in [2.45, 2.75) is 6.10 Å². The highest BCUT2D eigenvalue weighted by atomic mass is 16.3. The average Bonchev–Trinajstić information content (AvgIpc) is 2.40. The third-order valence-electron chi connectivity index (χ3n) is 2.97. The van der Waals surface area contributed by atoms with Crippen molar-refractivity contribution in [1.82, 2.24) is 0 Å². The Morgan fingerprint density at radius 1 is 1.06 bits per heavy atom. The number of nitrogens with two attached hydrogens (primary N) is 1. The number of aliphatic hydroxyl groups excluding tert-OH is 1. The molecule has 0 aliphatic carbocycles. The summed E-state index contributed by atoms with van der Waals surface area (Å²) in [6, 6.07) is 17.3. The standard InChI is InChI=1S/C15H18N2O/c1-17(14-5-3-2-4-6-14)11-15(18)12-7-9-13(16)10-8-12/h2-10,15,18H,11,16H2,1H3. The van der Waals surface area contributed by atoms with Crippen LogP contribution in [0.3, 0.4) is 0 Å². The third kappa shape index (κ3) is 3.02. The van der Waals surface area contributed by atoms with Gasteiger partial charge in [-0.15, -0.1) is 0 Å². The van der Waals surface area contributed by atoms with Gasteiger partial charge in [-0.05, 0) is 29.8 Å². The topological polar surface area (TPSA) is 49.5 Å². The predicted octanol–water partition coefficient (Wildman–Crippen LogP) is 2.44. The maximum Gasteiger partial charge on any atom is 0.0964 e. The van der Waals surface area contributed by atoms with E-state index in [0.29, 0.717) is 12.2 Å². The molecule has 0 amide bonds. The van der Waals surface area contributed by atoms with E-state index in [2.05, 4.69) is 0 Å². The van der Waals surface area contributed by atoms with Gasteiger partial charge in [-0.25, -0.2) is 0 Å². The Bertz CT molecular complexity index is 482. The number of nitrogen functional groups attached to an aromatic ring is 1. The van der Waals surface area contributed by atoms with Crippen LogP contribution in [0.1, 0.15) is 11.7 Å². The average molecular weight is 242 g/mol. The number of aliphatic hydroxyl groups is 1. The van der Waals surface area contributed by atoms with Gasteiger partial charge in [0, 0.05) is 25.0 Å².